The highest BCUT2D eigenvalue weighted by Gasteiger charge is 2.16. The van der Waals surface area contributed by atoms with Crippen molar-refractivity contribution < 1.29 is 9.90 Å². The number of nitrogens with zero attached hydrogens (tertiary/aromatic N) is 1. The van der Waals surface area contributed by atoms with E-state index in [0.29, 0.717) is 5.56 Å². The third kappa shape index (κ3) is 3.11. The molecule has 1 N–H and O–H groups in total. The molecule has 116 valence electrons. The van der Waals surface area contributed by atoms with Gasteiger partial charge in [0.2, 0.25) is 0 Å². The number of hydrogen-bond donors (Lipinski definition) is 1. The molecule has 22 heavy (non-hydrogen) atoms. The summed E-state index contributed by atoms with van der Waals surface area (Å²) in [5.41, 5.74) is 4.14. The van der Waals surface area contributed by atoms with Gasteiger partial charge in [-0.1, -0.05) is 23.8 Å². The Hall–Kier alpha value is -2.36. The zero-order valence-electron chi connectivity index (χ0n) is 13.4. The van der Waals surface area contributed by atoms with Crippen molar-refractivity contribution >= 4 is 5.97 Å². The van der Waals surface area contributed by atoms with Gasteiger partial charge in [-0.05, 0) is 45.4 Å². The van der Waals surface area contributed by atoms with E-state index in [1.807, 2.05) is 45.9 Å². The zero-order chi connectivity index (χ0) is 16.4. The molecule has 1 heterocycles. The van der Waals surface area contributed by atoms with E-state index in [0.717, 1.165) is 22.4 Å². The van der Waals surface area contributed by atoms with E-state index in [4.69, 9.17) is 5.11 Å². The molecule has 1 aromatic heterocycles. The van der Waals surface area contributed by atoms with Crippen molar-refractivity contribution in [2.75, 3.05) is 0 Å². The SMILES string of the molecule is Cc1ccc(C)c(-c2ccc(CC(=O)O)c(=O)n2C(C)C)c1. The summed E-state index contributed by atoms with van der Waals surface area (Å²) >= 11 is 0. The monoisotopic (exact) mass is 299 g/mol. The van der Waals surface area contributed by atoms with Gasteiger partial charge < -0.3 is 9.67 Å². The highest BCUT2D eigenvalue weighted by atomic mass is 16.4. The van der Waals surface area contributed by atoms with Crippen LogP contribution < -0.4 is 5.56 Å². The topological polar surface area (TPSA) is 59.3 Å². The van der Waals surface area contributed by atoms with Crippen LogP contribution >= 0.6 is 0 Å². The third-order valence-corrected chi connectivity index (χ3v) is 3.72. The minimum Gasteiger partial charge on any atom is -0.481 e. The maximum absolute atomic E-state index is 12.6. The molecule has 2 aromatic rings. The lowest BCUT2D eigenvalue weighted by Gasteiger charge is -2.19. The van der Waals surface area contributed by atoms with Gasteiger partial charge in [0.15, 0.2) is 0 Å². The van der Waals surface area contributed by atoms with Gasteiger partial charge >= 0.3 is 5.97 Å². The Bertz CT molecular complexity index is 772. The van der Waals surface area contributed by atoms with Crippen LogP contribution in [0.4, 0.5) is 0 Å². The average molecular weight is 299 g/mol. The second kappa shape index (κ2) is 6.18. The standard InChI is InChI=1S/C18H21NO3/c1-11(2)19-16(15-9-12(3)5-6-13(15)4)8-7-14(18(19)22)10-17(20)21/h5-9,11H,10H2,1-4H3,(H,20,21). The van der Waals surface area contributed by atoms with Gasteiger partial charge in [-0.3, -0.25) is 9.59 Å². The summed E-state index contributed by atoms with van der Waals surface area (Å²) in [6.07, 6.45) is -0.251. The summed E-state index contributed by atoms with van der Waals surface area (Å²) in [7, 11) is 0. The fraction of sp³-hybridized carbons (Fsp3) is 0.333. The molecule has 0 atom stereocenters. The predicted molar refractivity (Wildman–Crippen MR) is 87.3 cm³/mol. The van der Waals surface area contributed by atoms with Crippen LogP contribution in [0.3, 0.4) is 0 Å². The molecule has 4 nitrogen and oxygen atoms in total. The van der Waals surface area contributed by atoms with Crippen molar-refractivity contribution in [2.45, 2.75) is 40.2 Å². The molecular weight excluding hydrogens is 278 g/mol. The first-order valence-corrected chi connectivity index (χ1v) is 7.35. The number of carboxylic acids is 1. The van der Waals surface area contributed by atoms with Crippen LogP contribution in [0.2, 0.25) is 0 Å². The molecule has 1 aromatic carbocycles. The molecule has 0 aliphatic carbocycles. The number of carboxylic acid groups (broad SMARTS) is 1. The summed E-state index contributed by atoms with van der Waals surface area (Å²) in [6, 6.07) is 9.56. The first-order chi connectivity index (χ1) is 10.3. The highest BCUT2D eigenvalue weighted by molar-refractivity contribution is 5.71. The number of rotatable bonds is 4. The average Bonchev–Trinajstić information content (AvgIpc) is 2.42. The molecule has 0 radical (unpaired) electrons. The van der Waals surface area contributed by atoms with E-state index < -0.39 is 5.97 Å². The number of hydrogen-bond acceptors (Lipinski definition) is 2. The normalized spacial score (nSPS) is 11.0. The molecule has 0 amide bonds. The van der Waals surface area contributed by atoms with Crippen LogP contribution in [-0.2, 0) is 11.2 Å². The van der Waals surface area contributed by atoms with E-state index in [1.54, 1.807) is 10.6 Å². The van der Waals surface area contributed by atoms with Crippen LogP contribution in [-0.4, -0.2) is 15.6 Å². The second-order valence-corrected chi connectivity index (χ2v) is 5.90. The Morgan fingerprint density at radius 2 is 1.86 bits per heavy atom. The van der Waals surface area contributed by atoms with Gasteiger partial charge in [0.05, 0.1) is 12.1 Å². The van der Waals surface area contributed by atoms with Crippen LogP contribution in [0.5, 0.6) is 0 Å². The first-order valence-electron chi connectivity index (χ1n) is 7.35. The summed E-state index contributed by atoms with van der Waals surface area (Å²) in [5.74, 6) is -0.994. The largest absolute Gasteiger partial charge is 0.481 e. The van der Waals surface area contributed by atoms with E-state index in [1.165, 1.54) is 0 Å². The van der Waals surface area contributed by atoms with Crippen molar-refractivity contribution in [1.29, 1.82) is 0 Å². The number of aliphatic carboxylic acids is 1. The second-order valence-electron chi connectivity index (χ2n) is 5.90. The third-order valence-electron chi connectivity index (χ3n) is 3.72. The zero-order valence-corrected chi connectivity index (χ0v) is 13.4. The summed E-state index contributed by atoms with van der Waals surface area (Å²) in [6.45, 7) is 7.88. The maximum Gasteiger partial charge on any atom is 0.308 e. The van der Waals surface area contributed by atoms with Gasteiger partial charge in [0, 0.05) is 17.2 Å². The molecule has 0 fully saturated rings. The van der Waals surface area contributed by atoms with Crippen LogP contribution in [0.25, 0.3) is 11.3 Å². The van der Waals surface area contributed by atoms with Crippen LogP contribution in [0.15, 0.2) is 35.1 Å². The lowest BCUT2D eigenvalue weighted by atomic mass is 10.0. The summed E-state index contributed by atoms with van der Waals surface area (Å²) < 4.78 is 1.68. The minimum atomic E-state index is -0.994. The molecule has 0 bridgehead atoms. The van der Waals surface area contributed by atoms with E-state index in [9.17, 15) is 9.59 Å². The Morgan fingerprint density at radius 3 is 2.45 bits per heavy atom. The van der Waals surface area contributed by atoms with Gasteiger partial charge in [-0.2, -0.15) is 0 Å². The van der Waals surface area contributed by atoms with Gasteiger partial charge in [0.25, 0.3) is 5.56 Å². The summed E-state index contributed by atoms with van der Waals surface area (Å²) in [5, 5.41) is 8.94. The first kappa shape index (κ1) is 16.0. The fourth-order valence-corrected chi connectivity index (χ4v) is 2.64. The Balaban J connectivity index is 2.72. The molecule has 2 rings (SSSR count). The van der Waals surface area contributed by atoms with Gasteiger partial charge in [-0.15, -0.1) is 0 Å². The molecule has 0 unspecified atom stereocenters. The van der Waals surface area contributed by atoms with Crippen molar-refractivity contribution in [3.8, 4) is 11.3 Å². The molecule has 0 spiro atoms. The van der Waals surface area contributed by atoms with Gasteiger partial charge in [0.1, 0.15) is 0 Å². The van der Waals surface area contributed by atoms with E-state index in [2.05, 4.69) is 6.07 Å². The quantitative estimate of drug-likeness (QED) is 0.942. The van der Waals surface area contributed by atoms with E-state index >= 15 is 0 Å². The van der Waals surface area contributed by atoms with Crippen molar-refractivity contribution in [3.05, 3.63) is 57.4 Å². The fourth-order valence-electron chi connectivity index (χ4n) is 2.64. The molecule has 0 saturated heterocycles. The number of carbonyl (C=O) groups is 1. The Kier molecular flexibility index (Phi) is 4.50. The predicted octanol–water partition coefficient (Wildman–Crippen LogP) is 3.34. The minimum absolute atomic E-state index is 0.0452. The van der Waals surface area contributed by atoms with Crippen molar-refractivity contribution in [2.24, 2.45) is 0 Å². The maximum atomic E-state index is 12.6. The van der Waals surface area contributed by atoms with Gasteiger partial charge in [-0.25, -0.2) is 0 Å². The number of aryl methyl sites for hydroxylation is 2. The molecule has 4 heteroatoms. The van der Waals surface area contributed by atoms with Crippen LogP contribution in [0, 0.1) is 13.8 Å². The number of pyridine rings is 1. The van der Waals surface area contributed by atoms with Crippen molar-refractivity contribution in [3.63, 3.8) is 0 Å². The lowest BCUT2D eigenvalue weighted by molar-refractivity contribution is -0.136. The summed E-state index contributed by atoms with van der Waals surface area (Å²) in [4.78, 5) is 23.5. The molecule has 0 aliphatic rings. The Morgan fingerprint density at radius 1 is 1.18 bits per heavy atom. The smallest absolute Gasteiger partial charge is 0.308 e. The Labute approximate surface area is 130 Å². The molecule has 0 aliphatic heterocycles. The molecular formula is C18H21NO3. The van der Waals surface area contributed by atoms with Crippen LogP contribution in [0.1, 0.15) is 36.6 Å². The van der Waals surface area contributed by atoms with Crippen molar-refractivity contribution in [1.82, 2.24) is 4.57 Å². The highest BCUT2D eigenvalue weighted by Crippen LogP contribution is 2.26. The van der Waals surface area contributed by atoms with E-state index in [-0.39, 0.29) is 18.0 Å². The lowest BCUT2D eigenvalue weighted by Crippen LogP contribution is -2.28. The number of benzene rings is 1. The molecule has 0 saturated carbocycles. The number of aromatic nitrogens is 1.